The predicted octanol–water partition coefficient (Wildman–Crippen LogP) is 5.76. The molecular weight excluding hydrogens is 622 g/mol. The van der Waals surface area contributed by atoms with Crippen LogP contribution in [0.1, 0.15) is 16.4 Å². The van der Waals surface area contributed by atoms with Gasteiger partial charge in [-0.2, -0.15) is 0 Å². The Morgan fingerprint density at radius 3 is 2.31 bits per heavy atom. The normalized spacial score (nSPS) is 20.1. The maximum atomic E-state index is 13.9. The van der Waals surface area contributed by atoms with Crippen molar-refractivity contribution in [1.82, 2.24) is 4.57 Å². The molecule has 6 rings (SSSR count). The molecule has 11 heteroatoms. The topological polar surface area (TPSA) is 88.5 Å². The molecule has 2 unspecified atom stereocenters. The second kappa shape index (κ2) is 10.4. The molecule has 7 nitrogen and oxygen atoms in total. The molecule has 2 aliphatic heterocycles. The van der Waals surface area contributed by atoms with Gasteiger partial charge in [0.15, 0.2) is 0 Å². The van der Waals surface area contributed by atoms with Crippen LogP contribution in [-0.4, -0.2) is 27.5 Å². The van der Waals surface area contributed by atoms with E-state index in [2.05, 4.69) is 21.2 Å². The molecule has 0 bridgehead atoms. The van der Waals surface area contributed by atoms with Crippen LogP contribution in [0.5, 0.6) is 0 Å². The van der Waals surface area contributed by atoms with Crippen molar-refractivity contribution in [2.24, 2.45) is 5.92 Å². The number of rotatable bonds is 5. The smallest absolute Gasteiger partial charge is 0.308 e. The highest BCUT2D eigenvalue weighted by molar-refractivity contribution is 9.10. The summed E-state index contributed by atoms with van der Waals surface area (Å²) in [5.74, 6) is -2.20. The lowest BCUT2D eigenvalue weighted by molar-refractivity contribution is -0.122. The van der Waals surface area contributed by atoms with Crippen molar-refractivity contribution >= 4 is 79.7 Å². The fourth-order valence-corrected chi connectivity index (χ4v) is 8.16. The molecule has 1 fully saturated rings. The molecule has 3 aromatic carbocycles. The van der Waals surface area contributed by atoms with Gasteiger partial charge < -0.3 is 5.32 Å². The molecule has 3 heterocycles. The zero-order chi connectivity index (χ0) is 27.3. The van der Waals surface area contributed by atoms with Gasteiger partial charge in [0.2, 0.25) is 17.7 Å². The van der Waals surface area contributed by atoms with E-state index in [0.29, 0.717) is 26.3 Å². The fraction of sp³-hybridized carbons (Fsp3) is 0.143. The second-order valence-electron chi connectivity index (χ2n) is 9.12. The summed E-state index contributed by atoms with van der Waals surface area (Å²) in [6, 6.07) is 23.1. The first kappa shape index (κ1) is 26.1. The molecule has 196 valence electrons. The van der Waals surface area contributed by atoms with Crippen LogP contribution < -0.4 is 15.1 Å². The van der Waals surface area contributed by atoms with E-state index in [1.165, 1.54) is 21.2 Å². The number of hydrogen-bond donors (Lipinski definition) is 1. The van der Waals surface area contributed by atoms with Crippen LogP contribution in [0.4, 0.5) is 11.4 Å². The monoisotopic (exact) mass is 639 g/mol. The lowest BCUT2D eigenvalue weighted by Gasteiger charge is -2.30. The Labute approximate surface area is 244 Å². The minimum atomic E-state index is -0.738. The van der Waals surface area contributed by atoms with Crippen LogP contribution in [0.3, 0.4) is 0 Å². The maximum Gasteiger partial charge on any atom is 0.308 e. The zero-order valence-electron chi connectivity index (χ0n) is 20.0. The highest BCUT2D eigenvalue weighted by atomic mass is 79.9. The quantitative estimate of drug-likeness (QED) is 0.280. The molecule has 4 aromatic rings. The highest BCUT2D eigenvalue weighted by Crippen LogP contribution is 2.53. The third kappa shape index (κ3) is 4.75. The number of nitrogens with one attached hydrogen (secondary N) is 1. The standard InChI is InChI=1S/C28H19BrClN3O4S2/c29-16-6-12-19(13-7-16)33-25(35)22-21(15-4-2-1-3-5-15)24-27(38-23(22)26(33)36)32(28(37)39-24)14-20(34)31-18-10-8-17(30)9-11-18/h1-13,21-23H,14H2,(H,31,34)/t21-,22?,23?/m1/s1. The number of halogens is 2. The number of imide groups is 1. The average molecular weight is 641 g/mol. The molecule has 0 radical (unpaired) electrons. The lowest BCUT2D eigenvalue weighted by atomic mass is 9.83. The van der Waals surface area contributed by atoms with E-state index in [1.54, 1.807) is 48.5 Å². The predicted molar refractivity (Wildman–Crippen MR) is 157 cm³/mol. The molecule has 0 spiro atoms. The summed E-state index contributed by atoms with van der Waals surface area (Å²) in [4.78, 5) is 55.3. The van der Waals surface area contributed by atoms with Crippen LogP contribution in [0.15, 0.2) is 93.2 Å². The number of amides is 3. The minimum absolute atomic E-state index is 0.224. The molecule has 3 amide bonds. The van der Waals surface area contributed by atoms with E-state index in [1.807, 2.05) is 30.3 Å². The van der Waals surface area contributed by atoms with E-state index in [9.17, 15) is 19.2 Å². The van der Waals surface area contributed by atoms with Crippen molar-refractivity contribution in [3.8, 4) is 0 Å². The third-order valence-electron chi connectivity index (χ3n) is 6.72. The summed E-state index contributed by atoms with van der Waals surface area (Å²) < 4.78 is 2.24. The average Bonchev–Trinajstić information content (AvgIpc) is 3.37. The zero-order valence-corrected chi connectivity index (χ0v) is 24.0. The number of benzene rings is 3. The second-order valence-corrected chi connectivity index (χ2v) is 12.6. The number of carbonyl (C=O) groups is 3. The molecule has 0 saturated carbocycles. The molecule has 39 heavy (non-hydrogen) atoms. The lowest BCUT2D eigenvalue weighted by Crippen LogP contribution is -2.33. The van der Waals surface area contributed by atoms with Gasteiger partial charge in [0.1, 0.15) is 11.8 Å². The largest absolute Gasteiger partial charge is 0.325 e. The molecule has 1 aromatic heterocycles. The van der Waals surface area contributed by atoms with Gasteiger partial charge in [-0.15, -0.1) is 0 Å². The van der Waals surface area contributed by atoms with Crippen LogP contribution in [0.2, 0.25) is 5.02 Å². The highest BCUT2D eigenvalue weighted by Gasteiger charge is 2.56. The number of thioether (sulfide) groups is 1. The van der Waals surface area contributed by atoms with Crippen molar-refractivity contribution in [1.29, 1.82) is 0 Å². The van der Waals surface area contributed by atoms with Crippen LogP contribution >= 0.6 is 50.6 Å². The number of aromatic nitrogens is 1. The first-order valence-corrected chi connectivity index (χ1v) is 14.8. The Balaban J connectivity index is 1.39. The third-order valence-corrected chi connectivity index (χ3v) is 10.1. The Hall–Kier alpha value is -3.18. The Morgan fingerprint density at radius 1 is 0.923 bits per heavy atom. The molecule has 2 aliphatic rings. The van der Waals surface area contributed by atoms with Gasteiger partial charge in [0.25, 0.3) is 0 Å². The van der Waals surface area contributed by atoms with Crippen molar-refractivity contribution in [3.05, 3.63) is 108 Å². The van der Waals surface area contributed by atoms with Gasteiger partial charge in [-0.25, -0.2) is 4.90 Å². The van der Waals surface area contributed by atoms with Gasteiger partial charge in [0, 0.05) is 26.0 Å². The molecular formula is C28H19BrClN3O4S2. The van der Waals surface area contributed by atoms with Crippen molar-refractivity contribution in [2.75, 3.05) is 10.2 Å². The van der Waals surface area contributed by atoms with Gasteiger partial charge in [-0.3, -0.25) is 23.7 Å². The number of fused-ring (bicyclic) bond motifs is 2. The van der Waals surface area contributed by atoms with E-state index >= 15 is 0 Å². The summed E-state index contributed by atoms with van der Waals surface area (Å²) in [5, 5.41) is 3.14. The summed E-state index contributed by atoms with van der Waals surface area (Å²) in [6.45, 7) is -0.224. The molecule has 3 atom stereocenters. The van der Waals surface area contributed by atoms with E-state index in [0.717, 1.165) is 21.4 Å². The molecule has 1 saturated heterocycles. The summed E-state index contributed by atoms with van der Waals surface area (Å²) in [6.07, 6.45) is 0. The number of hydrogen-bond acceptors (Lipinski definition) is 6. The number of thiazole rings is 1. The number of carbonyl (C=O) groups excluding carboxylic acids is 3. The molecule has 1 N–H and O–H groups in total. The molecule has 0 aliphatic carbocycles. The van der Waals surface area contributed by atoms with Crippen molar-refractivity contribution in [3.63, 3.8) is 0 Å². The van der Waals surface area contributed by atoms with Gasteiger partial charge in [-0.05, 0) is 54.1 Å². The van der Waals surface area contributed by atoms with Gasteiger partial charge in [-0.1, -0.05) is 81.0 Å². The summed E-state index contributed by atoms with van der Waals surface area (Å²) in [7, 11) is 0. The van der Waals surface area contributed by atoms with E-state index < -0.39 is 17.1 Å². The SMILES string of the molecule is O=C(Cn1c2c(sc1=O)[C@H](c1ccccc1)C1C(=O)N(c3ccc(Br)cc3)C(=O)C1S2)Nc1ccc(Cl)cc1. The summed E-state index contributed by atoms with van der Waals surface area (Å²) >= 11 is 11.5. The fourth-order valence-electron chi connectivity index (χ4n) is 5.00. The van der Waals surface area contributed by atoms with Gasteiger partial charge >= 0.3 is 4.87 Å². The Bertz CT molecular complexity index is 1660. The van der Waals surface area contributed by atoms with Gasteiger partial charge in [0.05, 0.1) is 16.6 Å². The Kier molecular flexibility index (Phi) is 6.96. The van der Waals surface area contributed by atoms with E-state index in [4.69, 9.17) is 11.6 Å². The minimum Gasteiger partial charge on any atom is -0.325 e. The van der Waals surface area contributed by atoms with E-state index in [-0.39, 0.29) is 29.1 Å². The number of nitrogens with zero attached hydrogens (tertiary/aromatic N) is 2. The van der Waals surface area contributed by atoms with Crippen molar-refractivity contribution in [2.45, 2.75) is 22.7 Å². The Morgan fingerprint density at radius 2 is 1.62 bits per heavy atom. The van der Waals surface area contributed by atoms with Crippen LogP contribution in [0, 0.1) is 5.92 Å². The first-order chi connectivity index (χ1) is 18.8. The van der Waals surface area contributed by atoms with Crippen LogP contribution in [-0.2, 0) is 20.9 Å². The van der Waals surface area contributed by atoms with Crippen LogP contribution in [0.25, 0.3) is 0 Å². The summed E-state index contributed by atoms with van der Waals surface area (Å²) in [5.41, 5.74) is 1.89. The number of anilines is 2. The first-order valence-electron chi connectivity index (χ1n) is 12.0. The van der Waals surface area contributed by atoms with Crippen molar-refractivity contribution < 1.29 is 14.4 Å². The maximum absolute atomic E-state index is 13.9.